The standard InChI is InChI=1S/C18H19NO2/c1-5-9-11-14(7-3)16-12-13-17(21-16)18(20)19-15(8-4)10-6-2/h5-13H,1-2,4H2,3H3,(H,19,20)/b11-9-,14-7+,15-10+. The Hall–Kier alpha value is -2.81. The maximum atomic E-state index is 12.0. The van der Waals surface area contributed by atoms with Crippen LogP contribution in [0.4, 0.5) is 0 Å². The first-order valence-electron chi connectivity index (χ1n) is 6.48. The lowest BCUT2D eigenvalue weighted by molar-refractivity contribution is 0.0939. The summed E-state index contributed by atoms with van der Waals surface area (Å²) < 4.78 is 5.57. The Kier molecular flexibility index (Phi) is 6.48. The van der Waals surface area contributed by atoms with Gasteiger partial charge in [-0.1, -0.05) is 50.1 Å². The molecule has 0 fully saturated rings. The Morgan fingerprint density at radius 3 is 2.48 bits per heavy atom. The molecule has 1 rings (SSSR count). The normalized spacial score (nSPS) is 12.2. The van der Waals surface area contributed by atoms with Gasteiger partial charge in [0.25, 0.3) is 5.91 Å². The second kappa shape index (κ2) is 8.38. The van der Waals surface area contributed by atoms with Crippen LogP contribution in [0.25, 0.3) is 5.57 Å². The van der Waals surface area contributed by atoms with Gasteiger partial charge in [-0.2, -0.15) is 0 Å². The Bertz CT molecular complexity index is 627. The Balaban J connectivity index is 2.92. The van der Waals surface area contributed by atoms with Crippen molar-refractivity contribution in [1.82, 2.24) is 5.32 Å². The summed E-state index contributed by atoms with van der Waals surface area (Å²) in [4.78, 5) is 12.0. The number of carbonyl (C=O) groups excluding carboxylic acids is 1. The molecular weight excluding hydrogens is 262 g/mol. The maximum Gasteiger partial charge on any atom is 0.291 e. The molecule has 0 unspecified atom stereocenters. The van der Waals surface area contributed by atoms with E-state index >= 15 is 0 Å². The van der Waals surface area contributed by atoms with Gasteiger partial charge in [0.1, 0.15) is 5.76 Å². The molecule has 0 bridgehead atoms. The first-order valence-corrected chi connectivity index (χ1v) is 6.48. The second-order valence-corrected chi connectivity index (χ2v) is 4.02. The molecule has 0 saturated carbocycles. The molecule has 1 amide bonds. The summed E-state index contributed by atoms with van der Waals surface area (Å²) in [6.07, 6.45) is 12.0. The van der Waals surface area contributed by atoms with E-state index in [1.54, 1.807) is 36.4 Å². The maximum absolute atomic E-state index is 12.0. The summed E-state index contributed by atoms with van der Waals surface area (Å²) in [5.74, 6) is 0.513. The predicted octanol–water partition coefficient (Wildman–Crippen LogP) is 4.41. The Labute approximate surface area is 125 Å². The van der Waals surface area contributed by atoms with Gasteiger partial charge in [0.2, 0.25) is 0 Å². The van der Waals surface area contributed by atoms with Gasteiger partial charge in [-0.05, 0) is 31.2 Å². The molecule has 0 aliphatic heterocycles. The zero-order valence-electron chi connectivity index (χ0n) is 12.1. The van der Waals surface area contributed by atoms with Crippen molar-refractivity contribution in [3.05, 3.63) is 91.6 Å². The fraction of sp³-hybridized carbons (Fsp3) is 0.0556. The molecular formula is C18H19NO2. The van der Waals surface area contributed by atoms with E-state index in [0.29, 0.717) is 11.5 Å². The van der Waals surface area contributed by atoms with E-state index in [9.17, 15) is 4.79 Å². The quantitative estimate of drug-likeness (QED) is 0.752. The minimum atomic E-state index is -0.336. The van der Waals surface area contributed by atoms with Crippen LogP contribution in [0.3, 0.4) is 0 Å². The lowest BCUT2D eigenvalue weighted by Crippen LogP contribution is -2.21. The van der Waals surface area contributed by atoms with E-state index in [-0.39, 0.29) is 11.7 Å². The SMILES string of the molecule is C=C/C=C\C(=C/C)c1ccc(C(=O)N/C(C=C)=C/C=C)o1. The average molecular weight is 281 g/mol. The van der Waals surface area contributed by atoms with Crippen molar-refractivity contribution in [3.8, 4) is 0 Å². The van der Waals surface area contributed by atoms with E-state index in [1.165, 1.54) is 6.08 Å². The molecule has 0 spiro atoms. The van der Waals surface area contributed by atoms with Gasteiger partial charge < -0.3 is 9.73 Å². The molecule has 21 heavy (non-hydrogen) atoms. The van der Waals surface area contributed by atoms with Crippen LogP contribution >= 0.6 is 0 Å². The van der Waals surface area contributed by atoms with E-state index in [0.717, 1.165) is 5.57 Å². The zero-order chi connectivity index (χ0) is 15.7. The van der Waals surface area contributed by atoms with E-state index < -0.39 is 0 Å². The van der Waals surface area contributed by atoms with Gasteiger partial charge in [0.15, 0.2) is 5.76 Å². The van der Waals surface area contributed by atoms with Crippen LogP contribution in [-0.4, -0.2) is 5.91 Å². The number of hydrogen-bond acceptors (Lipinski definition) is 2. The van der Waals surface area contributed by atoms with Crippen molar-refractivity contribution in [2.24, 2.45) is 0 Å². The average Bonchev–Trinajstić information content (AvgIpc) is 2.97. The fourth-order valence-electron chi connectivity index (χ4n) is 1.59. The van der Waals surface area contributed by atoms with Crippen molar-refractivity contribution < 1.29 is 9.21 Å². The Morgan fingerprint density at radius 2 is 1.90 bits per heavy atom. The number of allylic oxidation sites excluding steroid dienone is 8. The van der Waals surface area contributed by atoms with Crippen molar-refractivity contribution >= 4 is 11.5 Å². The molecule has 1 heterocycles. The largest absolute Gasteiger partial charge is 0.451 e. The monoisotopic (exact) mass is 281 g/mol. The van der Waals surface area contributed by atoms with Crippen LogP contribution in [0, 0.1) is 0 Å². The molecule has 0 aliphatic rings. The highest BCUT2D eigenvalue weighted by Gasteiger charge is 2.12. The van der Waals surface area contributed by atoms with Crippen LogP contribution in [0.15, 0.2) is 84.5 Å². The molecule has 0 aromatic carbocycles. The number of rotatable bonds is 7. The second-order valence-electron chi connectivity index (χ2n) is 4.02. The minimum Gasteiger partial charge on any atom is -0.451 e. The van der Waals surface area contributed by atoms with Crippen molar-refractivity contribution in [2.75, 3.05) is 0 Å². The van der Waals surface area contributed by atoms with Gasteiger partial charge in [0, 0.05) is 11.3 Å². The zero-order valence-corrected chi connectivity index (χ0v) is 12.1. The molecule has 3 heteroatoms. The summed E-state index contributed by atoms with van der Waals surface area (Å²) in [6.45, 7) is 12.7. The number of furan rings is 1. The molecule has 0 aliphatic carbocycles. The molecule has 3 nitrogen and oxygen atoms in total. The smallest absolute Gasteiger partial charge is 0.291 e. The highest BCUT2D eigenvalue weighted by Crippen LogP contribution is 2.19. The molecule has 1 aromatic heterocycles. The molecule has 0 radical (unpaired) electrons. The lowest BCUT2D eigenvalue weighted by atomic mass is 10.2. The van der Waals surface area contributed by atoms with Crippen LogP contribution in [-0.2, 0) is 0 Å². The van der Waals surface area contributed by atoms with Gasteiger partial charge in [0.05, 0.1) is 0 Å². The van der Waals surface area contributed by atoms with E-state index in [4.69, 9.17) is 4.42 Å². The fourth-order valence-corrected chi connectivity index (χ4v) is 1.59. The highest BCUT2D eigenvalue weighted by molar-refractivity contribution is 5.93. The number of carbonyl (C=O) groups is 1. The minimum absolute atomic E-state index is 0.230. The molecule has 1 aromatic rings. The van der Waals surface area contributed by atoms with E-state index in [2.05, 4.69) is 25.1 Å². The number of nitrogens with one attached hydrogen (secondary N) is 1. The van der Waals surface area contributed by atoms with Gasteiger partial charge in [-0.25, -0.2) is 0 Å². The van der Waals surface area contributed by atoms with Crippen molar-refractivity contribution in [1.29, 1.82) is 0 Å². The summed E-state index contributed by atoms with van der Waals surface area (Å²) in [7, 11) is 0. The molecule has 1 N–H and O–H groups in total. The third kappa shape index (κ3) is 4.66. The highest BCUT2D eigenvalue weighted by atomic mass is 16.3. The topological polar surface area (TPSA) is 42.2 Å². The molecule has 0 atom stereocenters. The molecule has 0 saturated heterocycles. The Morgan fingerprint density at radius 1 is 1.19 bits per heavy atom. The van der Waals surface area contributed by atoms with Crippen LogP contribution in [0.2, 0.25) is 0 Å². The summed E-state index contributed by atoms with van der Waals surface area (Å²) >= 11 is 0. The van der Waals surface area contributed by atoms with E-state index in [1.807, 2.05) is 19.1 Å². The third-order valence-corrected chi connectivity index (χ3v) is 2.61. The van der Waals surface area contributed by atoms with Gasteiger partial charge in [-0.3, -0.25) is 4.79 Å². The van der Waals surface area contributed by atoms with Crippen LogP contribution < -0.4 is 5.32 Å². The number of hydrogen-bond donors (Lipinski definition) is 1. The summed E-state index contributed by atoms with van der Waals surface area (Å²) in [6, 6.07) is 3.38. The third-order valence-electron chi connectivity index (χ3n) is 2.61. The summed E-state index contributed by atoms with van der Waals surface area (Å²) in [5.41, 5.74) is 1.44. The first-order chi connectivity index (χ1) is 10.2. The summed E-state index contributed by atoms with van der Waals surface area (Å²) in [5, 5.41) is 2.68. The predicted molar refractivity (Wildman–Crippen MR) is 87.6 cm³/mol. The van der Waals surface area contributed by atoms with Gasteiger partial charge in [-0.15, -0.1) is 0 Å². The number of amides is 1. The lowest BCUT2D eigenvalue weighted by Gasteiger charge is -2.02. The van der Waals surface area contributed by atoms with Crippen LogP contribution in [0.5, 0.6) is 0 Å². The van der Waals surface area contributed by atoms with Gasteiger partial charge >= 0.3 is 0 Å². The molecule has 108 valence electrons. The first kappa shape index (κ1) is 16.2. The van der Waals surface area contributed by atoms with Crippen LogP contribution in [0.1, 0.15) is 23.2 Å². The van der Waals surface area contributed by atoms with Crippen molar-refractivity contribution in [2.45, 2.75) is 6.92 Å². The van der Waals surface area contributed by atoms with Crippen molar-refractivity contribution in [3.63, 3.8) is 0 Å².